The van der Waals surface area contributed by atoms with Crippen molar-refractivity contribution in [1.82, 2.24) is 0 Å². The van der Waals surface area contributed by atoms with Gasteiger partial charge < -0.3 is 4.42 Å². The lowest BCUT2D eigenvalue weighted by Gasteiger charge is -2.03. The Morgan fingerprint density at radius 2 is 1.75 bits per heavy atom. The lowest BCUT2D eigenvalue weighted by atomic mass is 10.0. The van der Waals surface area contributed by atoms with Crippen molar-refractivity contribution in [1.29, 1.82) is 0 Å². The molecule has 0 radical (unpaired) electrons. The van der Waals surface area contributed by atoms with Gasteiger partial charge in [0.05, 0.1) is 0 Å². The van der Waals surface area contributed by atoms with E-state index < -0.39 is 0 Å². The van der Waals surface area contributed by atoms with Crippen LogP contribution in [0.15, 0.2) is 59.0 Å². The molecule has 0 amide bonds. The molecule has 4 aromatic rings. The van der Waals surface area contributed by atoms with Crippen LogP contribution < -0.4 is 0 Å². The summed E-state index contributed by atoms with van der Waals surface area (Å²) >= 11 is 0. The van der Waals surface area contributed by atoms with Gasteiger partial charge in [-0.2, -0.15) is 0 Å². The lowest BCUT2D eigenvalue weighted by molar-refractivity contribution is 0.670. The van der Waals surface area contributed by atoms with Crippen LogP contribution in [0.3, 0.4) is 0 Å². The minimum absolute atomic E-state index is 0.766. The minimum atomic E-state index is 0.766. The van der Waals surface area contributed by atoms with E-state index in [0.717, 1.165) is 27.5 Å². The topological polar surface area (TPSA) is 13.1 Å². The summed E-state index contributed by atoms with van der Waals surface area (Å²) in [5, 5.41) is 2.22. The monoisotopic (exact) mass is 256 g/mol. The molecule has 0 unspecified atom stereocenters. The van der Waals surface area contributed by atoms with E-state index in [9.17, 15) is 0 Å². The van der Waals surface area contributed by atoms with Crippen molar-refractivity contribution in [2.24, 2.45) is 0 Å². The summed E-state index contributed by atoms with van der Waals surface area (Å²) in [7, 11) is 0. The SMILES string of the molecule is Cc1ccc(-c2cccc3c2oc2c#cccc23)cc1. The predicted octanol–water partition coefficient (Wildman–Crippen LogP) is 5.16. The molecule has 1 aromatic heterocycles. The summed E-state index contributed by atoms with van der Waals surface area (Å²) < 4.78 is 5.98. The third-order valence-electron chi connectivity index (χ3n) is 3.64. The number of furan rings is 1. The largest absolute Gasteiger partial charge is 0.446 e. The fourth-order valence-corrected chi connectivity index (χ4v) is 2.59. The molecule has 20 heavy (non-hydrogen) atoms. The van der Waals surface area contributed by atoms with E-state index in [-0.39, 0.29) is 0 Å². The molecule has 0 fully saturated rings. The molecular formula is C19H12O. The van der Waals surface area contributed by atoms with Crippen molar-refractivity contribution in [3.63, 3.8) is 0 Å². The molecule has 0 N–H and O–H groups in total. The fraction of sp³-hybridized carbons (Fsp3) is 0.0526. The Hall–Kier alpha value is -2.72. The molecule has 0 bridgehead atoms. The molecule has 0 spiro atoms. The van der Waals surface area contributed by atoms with Crippen molar-refractivity contribution in [2.45, 2.75) is 6.92 Å². The van der Waals surface area contributed by atoms with Gasteiger partial charge in [-0.25, -0.2) is 0 Å². The normalized spacial score (nSPS) is 10.8. The van der Waals surface area contributed by atoms with Gasteiger partial charge >= 0.3 is 0 Å². The first-order chi connectivity index (χ1) is 9.83. The van der Waals surface area contributed by atoms with Gasteiger partial charge in [-0.05, 0) is 30.7 Å². The van der Waals surface area contributed by atoms with Crippen LogP contribution in [-0.2, 0) is 0 Å². The Balaban J connectivity index is 2.07. The zero-order chi connectivity index (χ0) is 13.5. The summed E-state index contributed by atoms with van der Waals surface area (Å²) in [4.78, 5) is 0. The van der Waals surface area contributed by atoms with Crippen LogP contribution in [0.1, 0.15) is 5.56 Å². The Kier molecular flexibility index (Phi) is 2.31. The first-order valence-electron chi connectivity index (χ1n) is 6.63. The van der Waals surface area contributed by atoms with Crippen LogP contribution in [0, 0.1) is 19.1 Å². The molecule has 0 saturated heterocycles. The molecule has 4 rings (SSSR count). The Morgan fingerprint density at radius 3 is 2.60 bits per heavy atom. The van der Waals surface area contributed by atoms with E-state index in [2.05, 4.69) is 61.5 Å². The molecule has 0 aliphatic heterocycles. The van der Waals surface area contributed by atoms with Gasteiger partial charge in [-0.3, -0.25) is 0 Å². The summed E-state index contributed by atoms with van der Waals surface area (Å²) in [6.45, 7) is 2.09. The number of para-hydroxylation sites is 1. The molecule has 1 nitrogen and oxygen atoms in total. The second-order valence-electron chi connectivity index (χ2n) is 5.00. The molecular weight excluding hydrogens is 244 g/mol. The molecule has 1 heterocycles. The molecule has 0 aliphatic rings. The molecule has 94 valence electrons. The maximum absolute atomic E-state index is 5.98. The van der Waals surface area contributed by atoms with Crippen LogP contribution in [0.2, 0.25) is 0 Å². The average Bonchev–Trinajstić information content (AvgIpc) is 2.87. The maximum Gasteiger partial charge on any atom is 0.185 e. The van der Waals surface area contributed by atoms with E-state index in [4.69, 9.17) is 4.42 Å². The summed E-state index contributed by atoms with van der Waals surface area (Å²) in [6, 6.07) is 24.6. The van der Waals surface area contributed by atoms with Crippen molar-refractivity contribution in [2.75, 3.05) is 0 Å². The first kappa shape index (κ1) is 11.1. The van der Waals surface area contributed by atoms with Crippen LogP contribution >= 0.6 is 0 Å². The smallest absolute Gasteiger partial charge is 0.185 e. The van der Waals surface area contributed by atoms with Crippen LogP contribution in [0.5, 0.6) is 0 Å². The quantitative estimate of drug-likeness (QED) is 0.458. The highest BCUT2D eigenvalue weighted by Crippen LogP contribution is 2.34. The number of benzene rings is 2. The Morgan fingerprint density at radius 1 is 0.900 bits per heavy atom. The van der Waals surface area contributed by atoms with Gasteiger partial charge in [0.2, 0.25) is 0 Å². The van der Waals surface area contributed by atoms with Gasteiger partial charge in [0.25, 0.3) is 0 Å². The predicted molar refractivity (Wildman–Crippen MR) is 81.6 cm³/mol. The second kappa shape index (κ2) is 4.15. The number of hydrogen-bond donors (Lipinski definition) is 0. The number of hydrogen-bond acceptors (Lipinski definition) is 1. The maximum atomic E-state index is 5.98. The van der Waals surface area contributed by atoms with Gasteiger partial charge in [0.15, 0.2) is 5.58 Å². The number of fused-ring (bicyclic) bond motifs is 3. The van der Waals surface area contributed by atoms with E-state index in [1.54, 1.807) is 0 Å². The van der Waals surface area contributed by atoms with E-state index in [1.807, 2.05) is 12.1 Å². The lowest BCUT2D eigenvalue weighted by Crippen LogP contribution is -1.79. The summed E-state index contributed by atoms with van der Waals surface area (Å²) in [6.07, 6.45) is 0. The average molecular weight is 256 g/mol. The van der Waals surface area contributed by atoms with Crippen molar-refractivity contribution < 1.29 is 4.42 Å². The van der Waals surface area contributed by atoms with Gasteiger partial charge in [-0.15, -0.1) is 0 Å². The van der Waals surface area contributed by atoms with E-state index in [1.165, 1.54) is 11.1 Å². The third kappa shape index (κ3) is 1.59. The fourth-order valence-electron chi connectivity index (χ4n) is 2.59. The van der Waals surface area contributed by atoms with E-state index >= 15 is 0 Å². The number of aryl methyl sites for hydroxylation is 1. The van der Waals surface area contributed by atoms with Crippen molar-refractivity contribution >= 4 is 21.9 Å². The highest BCUT2D eigenvalue weighted by Gasteiger charge is 2.11. The van der Waals surface area contributed by atoms with Crippen LogP contribution in [-0.4, -0.2) is 0 Å². The Labute approximate surface area is 117 Å². The Bertz CT molecular complexity index is 898. The van der Waals surface area contributed by atoms with Crippen LogP contribution in [0.25, 0.3) is 33.1 Å². The minimum Gasteiger partial charge on any atom is -0.446 e. The van der Waals surface area contributed by atoms with Gasteiger partial charge in [0, 0.05) is 16.3 Å². The molecule has 1 heteroatoms. The molecule has 3 aromatic carbocycles. The highest BCUT2D eigenvalue weighted by atomic mass is 16.3. The summed E-state index contributed by atoms with van der Waals surface area (Å²) in [5.74, 6) is 0. The summed E-state index contributed by atoms with van der Waals surface area (Å²) in [5.41, 5.74) is 5.23. The second-order valence-corrected chi connectivity index (χ2v) is 5.00. The standard InChI is InChI=1S/C19H12O/c1-13-9-11-14(12-10-13)15-6-4-7-17-16-5-2-3-8-18(16)20-19(15)17/h2,4-7,9-12H,1H3. The third-order valence-corrected chi connectivity index (χ3v) is 3.64. The van der Waals surface area contributed by atoms with Crippen LogP contribution in [0.4, 0.5) is 0 Å². The molecule has 0 atom stereocenters. The number of rotatable bonds is 1. The molecule has 0 aliphatic carbocycles. The van der Waals surface area contributed by atoms with Crippen molar-refractivity contribution in [3.05, 3.63) is 72.3 Å². The first-order valence-corrected chi connectivity index (χ1v) is 6.63. The highest BCUT2D eigenvalue weighted by molar-refractivity contribution is 6.09. The zero-order valence-electron chi connectivity index (χ0n) is 11.1. The zero-order valence-corrected chi connectivity index (χ0v) is 11.1. The van der Waals surface area contributed by atoms with E-state index in [0.29, 0.717) is 0 Å². The molecule has 0 saturated carbocycles. The van der Waals surface area contributed by atoms with Gasteiger partial charge in [0.1, 0.15) is 5.58 Å². The van der Waals surface area contributed by atoms with Crippen molar-refractivity contribution in [3.8, 4) is 11.1 Å². The van der Waals surface area contributed by atoms with Gasteiger partial charge in [-0.1, -0.05) is 54.1 Å².